The van der Waals surface area contributed by atoms with Crippen LogP contribution in [0, 0.1) is 0 Å². The first-order chi connectivity index (χ1) is 5.36. The fraction of sp³-hybridized carbons (Fsp3) is 0.400. The van der Waals surface area contributed by atoms with Gasteiger partial charge in [-0.05, 0) is 37.0 Å². The molecule has 0 saturated heterocycles. The van der Waals surface area contributed by atoms with Crippen molar-refractivity contribution in [2.45, 2.75) is 19.8 Å². The van der Waals surface area contributed by atoms with Crippen molar-refractivity contribution in [3.63, 3.8) is 0 Å². The van der Waals surface area contributed by atoms with Gasteiger partial charge in [-0.2, -0.15) is 0 Å². The molecule has 1 aliphatic carbocycles. The molecule has 1 heterocycles. The van der Waals surface area contributed by atoms with E-state index >= 15 is 0 Å². The molecule has 0 fully saturated rings. The standard InChI is InChI=1S/C10H12O/c1-8-6-9-4-2-3-5-10(9)11-7-8/h3,5-6H,2,4,7H2,1H3. The topological polar surface area (TPSA) is 9.23 Å². The van der Waals surface area contributed by atoms with Crippen molar-refractivity contribution in [1.82, 2.24) is 0 Å². The summed E-state index contributed by atoms with van der Waals surface area (Å²) in [6.45, 7) is 2.88. The van der Waals surface area contributed by atoms with E-state index in [0.717, 1.165) is 25.2 Å². The van der Waals surface area contributed by atoms with Crippen LogP contribution in [0.3, 0.4) is 0 Å². The second-order valence-electron chi connectivity index (χ2n) is 3.11. The minimum absolute atomic E-state index is 0.767. The molecule has 1 aliphatic heterocycles. The monoisotopic (exact) mass is 148 g/mol. The molecule has 1 heteroatoms. The molecule has 0 aromatic heterocycles. The molecule has 0 amide bonds. The summed E-state index contributed by atoms with van der Waals surface area (Å²) in [7, 11) is 0. The van der Waals surface area contributed by atoms with E-state index in [0.29, 0.717) is 0 Å². The predicted octanol–water partition coefficient (Wildman–Crippen LogP) is 2.57. The molecule has 2 rings (SSSR count). The van der Waals surface area contributed by atoms with Crippen LogP contribution in [0.1, 0.15) is 19.8 Å². The number of rotatable bonds is 0. The molecule has 2 aliphatic rings. The summed E-state index contributed by atoms with van der Waals surface area (Å²) in [6.07, 6.45) is 8.81. The van der Waals surface area contributed by atoms with Gasteiger partial charge in [0.15, 0.2) is 0 Å². The molecule has 0 atom stereocenters. The SMILES string of the molecule is CC1=CC2=C(C=CCC2)OC1. The zero-order chi connectivity index (χ0) is 7.68. The number of allylic oxidation sites excluding steroid dienone is 4. The minimum Gasteiger partial charge on any atom is -0.489 e. The molecular formula is C10H12O. The van der Waals surface area contributed by atoms with Crippen LogP contribution in [0.2, 0.25) is 0 Å². The first kappa shape index (κ1) is 6.71. The van der Waals surface area contributed by atoms with E-state index in [1.54, 1.807) is 0 Å². The lowest BCUT2D eigenvalue weighted by Gasteiger charge is -2.19. The Morgan fingerprint density at radius 1 is 1.45 bits per heavy atom. The Balaban J connectivity index is 2.33. The van der Waals surface area contributed by atoms with Gasteiger partial charge in [0.05, 0.1) is 0 Å². The molecule has 0 N–H and O–H groups in total. The van der Waals surface area contributed by atoms with Crippen LogP contribution in [-0.4, -0.2) is 6.61 Å². The average molecular weight is 148 g/mol. The number of hydrogen-bond acceptors (Lipinski definition) is 1. The van der Waals surface area contributed by atoms with Gasteiger partial charge in [0.2, 0.25) is 0 Å². The third kappa shape index (κ3) is 1.23. The summed E-state index contributed by atoms with van der Waals surface area (Å²) in [4.78, 5) is 0. The highest BCUT2D eigenvalue weighted by Gasteiger charge is 2.11. The molecule has 0 radical (unpaired) electrons. The number of hydrogen-bond donors (Lipinski definition) is 0. The zero-order valence-corrected chi connectivity index (χ0v) is 6.76. The van der Waals surface area contributed by atoms with E-state index < -0.39 is 0 Å². The fourth-order valence-corrected chi connectivity index (χ4v) is 1.47. The average Bonchev–Trinajstić information content (AvgIpc) is 2.04. The largest absolute Gasteiger partial charge is 0.489 e. The quantitative estimate of drug-likeness (QED) is 0.513. The summed E-state index contributed by atoms with van der Waals surface area (Å²) in [6, 6.07) is 0. The van der Waals surface area contributed by atoms with E-state index in [9.17, 15) is 0 Å². The van der Waals surface area contributed by atoms with Crippen molar-refractivity contribution in [3.05, 3.63) is 35.1 Å². The van der Waals surface area contributed by atoms with E-state index in [1.165, 1.54) is 11.1 Å². The van der Waals surface area contributed by atoms with Crippen LogP contribution < -0.4 is 0 Å². The van der Waals surface area contributed by atoms with E-state index in [2.05, 4.69) is 25.2 Å². The van der Waals surface area contributed by atoms with Crippen LogP contribution >= 0.6 is 0 Å². The first-order valence-electron chi connectivity index (χ1n) is 4.06. The Hall–Kier alpha value is -0.980. The smallest absolute Gasteiger partial charge is 0.122 e. The predicted molar refractivity (Wildman–Crippen MR) is 45.1 cm³/mol. The van der Waals surface area contributed by atoms with Gasteiger partial charge in [-0.15, -0.1) is 0 Å². The molecule has 0 aromatic carbocycles. The minimum atomic E-state index is 0.767. The fourth-order valence-electron chi connectivity index (χ4n) is 1.47. The zero-order valence-electron chi connectivity index (χ0n) is 6.76. The molecule has 58 valence electrons. The maximum atomic E-state index is 5.52. The summed E-state index contributed by atoms with van der Waals surface area (Å²) in [5, 5.41) is 0. The van der Waals surface area contributed by atoms with Crippen molar-refractivity contribution in [3.8, 4) is 0 Å². The van der Waals surface area contributed by atoms with Gasteiger partial charge in [-0.1, -0.05) is 12.2 Å². The van der Waals surface area contributed by atoms with Crippen molar-refractivity contribution in [1.29, 1.82) is 0 Å². The molecular weight excluding hydrogens is 136 g/mol. The van der Waals surface area contributed by atoms with E-state index in [-0.39, 0.29) is 0 Å². The second-order valence-corrected chi connectivity index (χ2v) is 3.11. The van der Waals surface area contributed by atoms with Crippen molar-refractivity contribution < 1.29 is 4.74 Å². The molecule has 0 saturated carbocycles. The van der Waals surface area contributed by atoms with Crippen LogP contribution in [-0.2, 0) is 4.74 Å². The van der Waals surface area contributed by atoms with Crippen molar-refractivity contribution in [2.75, 3.05) is 6.61 Å². The lowest BCUT2D eigenvalue weighted by atomic mass is 10.00. The molecule has 0 bridgehead atoms. The highest BCUT2D eigenvalue weighted by Crippen LogP contribution is 2.25. The van der Waals surface area contributed by atoms with Crippen molar-refractivity contribution >= 4 is 0 Å². The molecule has 0 spiro atoms. The van der Waals surface area contributed by atoms with Crippen molar-refractivity contribution in [2.24, 2.45) is 0 Å². The normalized spacial score (nSPS) is 22.5. The van der Waals surface area contributed by atoms with Gasteiger partial charge in [0, 0.05) is 0 Å². The van der Waals surface area contributed by atoms with E-state index in [4.69, 9.17) is 4.74 Å². The highest BCUT2D eigenvalue weighted by molar-refractivity contribution is 5.36. The third-order valence-corrected chi connectivity index (χ3v) is 2.04. The maximum absolute atomic E-state index is 5.52. The highest BCUT2D eigenvalue weighted by atomic mass is 16.5. The second kappa shape index (κ2) is 2.57. The summed E-state index contributed by atoms with van der Waals surface area (Å²) in [5.41, 5.74) is 2.70. The Kier molecular flexibility index (Phi) is 1.57. The third-order valence-electron chi connectivity index (χ3n) is 2.04. The Morgan fingerprint density at radius 2 is 2.36 bits per heavy atom. The maximum Gasteiger partial charge on any atom is 0.122 e. The van der Waals surface area contributed by atoms with Crippen LogP contribution in [0.4, 0.5) is 0 Å². The lowest BCUT2D eigenvalue weighted by Crippen LogP contribution is -2.06. The molecule has 0 aromatic rings. The van der Waals surface area contributed by atoms with E-state index in [1.807, 2.05) is 0 Å². The van der Waals surface area contributed by atoms with Gasteiger partial charge >= 0.3 is 0 Å². The molecule has 11 heavy (non-hydrogen) atoms. The van der Waals surface area contributed by atoms with Gasteiger partial charge in [-0.25, -0.2) is 0 Å². The van der Waals surface area contributed by atoms with Crippen LogP contribution in [0.25, 0.3) is 0 Å². The Bertz CT molecular complexity index is 256. The summed E-state index contributed by atoms with van der Waals surface area (Å²) < 4.78 is 5.52. The summed E-state index contributed by atoms with van der Waals surface area (Å²) >= 11 is 0. The van der Waals surface area contributed by atoms with Gasteiger partial charge in [0.25, 0.3) is 0 Å². The molecule has 1 nitrogen and oxygen atoms in total. The first-order valence-corrected chi connectivity index (χ1v) is 4.06. The van der Waals surface area contributed by atoms with Gasteiger partial charge in [0.1, 0.15) is 12.4 Å². The lowest BCUT2D eigenvalue weighted by molar-refractivity contribution is 0.242. The summed E-state index contributed by atoms with van der Waals surface area (Å²) in [5.74, 6) is 1.09. The van der Waals surface area contributed by atoms with Crippen LogP contribution in [0.5, 0.6) is 0 Å². The molecule has 0 unspecified atom stereocenters. The van der Waals surface area contributed by atoms with Gasteiger partial charge < -0.3 is 4.74 Å². The Morgan fingerprint density at radius 3 is 3.27 bits per heavy atom. The van der Waals surface area contributed by atoms with Crippen LogP contribution in [0.15, 0.2) is 35.1 Å². The van der Waals surface area contributed by atoms with Gasteiger partial charge in [-0.3, -0.25) is 0 Å². The number of ether oxygens (including phenoxy) is 1. The Labute approximate surface area is 67.1 Å².